The molecule has 2 unspecified atom stereocenters. The lowest BCUT2D eigenvalue weighted by atomic mass is 9.93. The van der Waals surface area contributed by atoms with Crippen LogP contribution in [0.1, 0.15) is 30.4 Å². The van der Waals surface area contributed by atoms with Gasteiger partial charge in [0.15, 0.2) is 0 Å². The van der Waals surface area contributed by atoms with Gasteiger partial charge in [0.05, 0.1) is 13.2 Å². The van der Waals surface area contributed by atoms with E-state index in [4.69, 9.17) is 32.7 Å². The maximum absolute atomic E-state index is 11.8. The molecule has 0 saturated carbocycles. The monoisotopic (exact) mass is 423 g/mol. The number of benzene rings is 2. The molecule has 28 heavy (non-hydrogen) atoms. The molecule has 2 aromatic rings. The van der Waals surface area contributed by atoms with E-state index >= 15 is 0 Å². The lowest BCUT2D eigenvalue weighted by Gasteiger charge is -2.23. The van der Waals surface area contributed by atoms with Crippen LogP contribution >= 0.6 is 23.2 Å². The van der Waals surface area contributed by atoms with Crippen molar-refractivity contribution in [3.63, 3.8) is 0 Å². The van der Waals surface area contributed by atoms with E-state index in [2.05, 4.69) is 5.32 Å². The molecule has 2 aromatic carbocycles. The Bertz CT molecular complexity index is 780. The number of carbonyl (C=O) groups is 2. The number of alkyl halides is 2. The number of carbonyl (C=O) groups excluding carboxylic acids is 2. The third-order valence-electron chi connectivity index (χ3n) is 4.24. The Morgan fingerprint density at radius 3 is 2.39 bits per heavy atom. The highest BCUT2D eigenvalue weighted by atomic mass is 35.5. The van der Waals surface area contributed by atoms with Gasteiger partial charge in [0.25, 0.3) is 0 Å². The standard InChI is InChI=1S/C21H23Cl2NO4/c1-14(26)24-19(21(22)23)11-16(12-25)18-5-3-4-6-20(18)28-13-15-7-9-17(27-2)10-8-15/h3-10,12,16,19,21H,11,13H2,1-2H3,(H,24,26). The second-order valence-corrected chi connectivity index (χ2v) is 7.46. The summed E-state index contributed by atoms with van der Waals surface area (Å²) in [6.07, 6.45) is 1.09. The zero-order valence-electron chi connectivity index (χ0n) is 15.7. The summed E-state index contributed by atoms with van der Waals surface area (Å²) in [6.45, 7) is 1.72. The van der Waals surface area contributed by atoms with Crippen LogP contribution in [-0.4, -0.2) is 30.2 Å². The van der Waals surface area contributed by atoms with E-state index in [-0.39, 0.29) is 12.3 Å². The number of methoxy groups -OCH3 is 1. The van der Waals surface area contributed by atoms with Gasteiger partial charge in [-0.1, -0.05) is 30.3 Å². The lowest BCUT2D eigenvalue weighted by Crippen LogP contribution is -2.39. The molecule has 0 radical (unpaired) electrons. The smallest absolute Gasteiger partial charge is 0.217 e. The Hall–Kier alpha value is -2.24. The molecule has 0 aliphatic carbocycles. The molecule has 5 nitrogen and oxygen atoms in total. The number of hydrogen-bond donors (Lipinski definition) is 1. The SMILES string of the molecule is COc1ccc(COc2ccccc2C(C=O)CC(NC(C)=O)C(Cl)Cl)cc1. The van der Waals surface area contributed by atoms with Crippen LogP contribution in [0.2, 0.25) is 0 Å². The van der Waals surface area contributed by atoms with Crippen molar-refractivity contribution in [2.24, 2.45) is 0 Å². The van der Waals surface area contributed by atoms with Crippen molar-refractivity contribution < 1.29 is 19.1 Å². The first-order chi connectivity index (χ1) is 13.4. The van der Waals surface area contributed by atoms with Crippen molar-refractivity contribution in [1.82, 2.24) is 5.32 Å². The predicted octanol–water partition coefficient (Wildman–Crippen LogP) is 4.26. The van der Waals surface area contributed by atoms with Crippen LogP contribution in [-0.2, 0) is 16.2 Å². The Morgan fingerprint density at radius 2 is 1.82 bits per heavy atom. The summed E-state index contributed by atoms with van der Waals surface area (Å²) in [7, 11) is 1.61. The largest absolute Gasteiger partial charge is 0.497 e. The highest BCUT2D eigenvalue weighted by molar-refractivity contribution is 6.44. The molecule has 150 valence electrons. The van der Waals surface area contributed by atoms with Crippen LogP contribution in [0.15, 0.2) is 48.5 Å². The fourth-order valence-corrected chi connectivity index (χ4v) is 3.15. The Labute approximate surface area is 174 Å². The molecule has 0 aliphatic rings. The van der Waals surface area contributed by atoms with Crippen molar-refractivity contribution in [3.8, 4) is 11.5 Å². The zero-order valence-corrected chi connectivity index (χ0v) is 17.2. The van der Waals surface area contributed by atoms with Crippen LogP contribution in [0.4, 0.5) is 0 Å². The summed E-state index contributed by atoms with van der Waals surface area (Å²) in [5.41, 5.74) is 1.69. The quantitative estimate of drug-likeness (QED) is 0.458. The van der Waals surface area contributed by atoms with E-state index in [1.807, 2.05) is 48.5 Å². The Morgan fingerprint density at radius 1 is 1.14 bits per heavy atom. The molecule has 0 bridgehead atoms. The average molecular weight is 424 g/mol. The van der Waals surface area contributed by atoms with E-state index in [1.165, 1.54) is 6.92 Å². The van der Waals surface area contributed by atoms with E-state index < -0.39 is 16.8 Å². The van der Waals surface area contributed by atoms with Crippen molar-refractivity contribution >= 4 is 35.4 Å². The highest BCUT2D eigenvalue weighted by Gasteiger charge is 2.25. The predicted molar refractivity (Wildman–Crippen MR) is 110 cm³/mol. The van der Waals surface area contributed by atoms with Crippen molar-refractivity contribution in [3.05, 3.63) is 59.7 Å². The van der Waals surface area contributed by atoms with Gasteiger partial charge in [-0.15, -0.1) is 23.2 Å². The van der Waals surface area contributed by atoms with Crippen molar-refractivity contribution in [2.45, 2.75) is 36.7 Å². The molecule has 0 aliphatic heterocycles. The van der Waals surface area contributed by atoms with Gasteiger partial charge >= 0.3 is 0 Å². The van der Waals surface area contributed by atoms with E-state index in [9.17, 15) is 9.59 Å². The van der Waals surface area contributed by atoms with Gasteiger partial charge in [-0.05, 0) is 30.2 Å². The highest BCUT2D eigenvalue weighted by Crippen LogP contribution is 2.31. The second kappa shape index (κ2) is 10.9. The first-order valence-electron chi connectivity index (χ1n) is 8.79. The summed E-state index contributed by atoms with van der Waals surface area (Å²) in [5, 5.41) is 2.69. The Kier molecular flexibility index (Phi) is 8.61. The first kappa shape index (κ1) is 22.1. The van der Waals surface area contributed by atoms with Gasteiger partial charge in [-0.25, -0.2) is 0 Å². The Balaban J connectivity index is 2.15. The number of rotatable bonds is 10. The van der Waals surface area contributed by atoms with Crippen LogP contribution in [0, 0.1) is 0 Å². The van der Waals surface area contributed by atoms with Gasteiger partial charge in [-0.2, -0.15) is 0 Å². The van der Waals surface area contributed by atoms with Gasteiger partial charge in [0.2, 0.25) is 5.91 Å². The summed E-state index contributed by atoms with van der Waals surface area (Å²) < 4.78 is 11.1. The van der Waals surface area contributed by atoms with E-state index in [0.29, 0.717) is 12.4 Å². The number of hydrogen-bond acceptors (Lipinski definition) is 4. The second-order valence-electron chi connectivity index (χ2n) is 6.29. The minimum absolute atomic E-state index is 0.259. The molecule has 2 atom stereocenters. The number of nitrogens with one attached hydrogen (secondary N) is 1. The van der Waals surface area contributed by atoms with Gasteiger partial charge < -0.3 is 19.6 Å². The molecule has 0 fully saturated rings. The summed E-state index contributed by atoms with van der Waals surface area (Å²) in [6, 6.07) is 14.3. The van der Waals surface area contributed by atoms with Gasteiger partial charge in [0, 0.05) is 18.4 Å². The normalized spacial score (nSPS) is 12.9. The average Bonchev–Trinajstić information content (AvgIpc) is 2.69. The molecule has 1 amide bonds. The first-order valence-corrected chi connectivity index (χ1v) is 9.67. The molecule has 0 spiro atoms. The molecule has 0 saturated heterocycles. The van der Waals surface area contributed by atoms with Crippen molar-refractivity contribution in [2.75, 3.05) is 7.11 Å². The summed E-state index contributed by atoms with van der Waals surface area (Å²) in [4.78, 5) is 22.3. The molecule has 7 heteroatoms. The lowest BCUT2D eigenvalue weighted by molar-refractivity contribution is -0.120. The summed E-state index contributed by atoms with van der Waals surface area (Å²) >= 11 is 12.0. The number of amides is 1. The minimum atomic E-state index is -0.835. The number of aldehydes is 1. The molecular weight excluding hydrogens is 401 g/mol. The molecular formula is C21H23Cl2NO4. The maximum Gasteiger partial charge on any atom is 0.217 e. The molecule has 0 heterocycles. The van der Waals surface area contributed by atoms with E-state index in [1.54, 1.807) is 7.11 Å². The fraction of sp³-hybridized carbons (Fsp3) is 0.333. The van der Waals surface area contributed by atoms with Crippen LogP contribution < -0.4 is 14.8 Å². The topological polar surface area (TPSA) is 64.6 Å². The van der Waals surface area contributed by atoms with Crippen LogP contribution in [0.3, 0.4) is 0 Å². The zero-order chi connectivity index (χ0) is 20.5. The third kappa shape index (κ3) is 6.43. The third-order valence-corrected chi connectivity index (χ3v) is 4.85. The molecule has 0 aromatic heterocycles. The van der Waals surface area contributed by atoms with Crippen LogP contribution in [0.5, 0.6) is 11.5 Å². The fourth-order valence-electron chi connectivity index (χ4n) is 2.82. The maximum atomic E-state index is 11.8. The van der Waals surface area contributed by atoms with Gasteiger partial charge in [0.1, 0.15) is 29.2 Å². The number of ether oxygens (including phenoxy) is 2. The van der Waals surface area contributed by atoms with Crippen LogP contribution in [0.25, 0.3) is 0 Å². The van der Waals surface area contributed by atoms with E-state index in [0.717, 1.165) is 23.2 Å². The van der Waals surface area contributed by atoms with Gasteiger partial charge in [-0.3, -0.25) is 4.79 Å². The molecule has 1 N–H and O–H groups in total. The number of halogens is 2. The minimum Gasteiger partial charge on any atom is -0.497 e. The number of para-hydroxylation sites is 1. The summed E-state index contributed by atoms with van der Waals surface area (Å²) in [5.74, 6) is 0.581. The van der Waals surface area contributed by atoms with Crippen molar-refractivity contribution in [1.29, 1.82) is 0 Å². The molecule has 2 rings (SSSR count).